The van der Waals surface area contributed by atoms with Crippen LogP contribution >= 0.6 is 12.6 Å². The van der Waals surface area contributed by atoms with Gasteiger partial charge in [-0.3, -0.25) is 4.79 Å². The summed E-state index contributed by atoms with van der Waals surface area (Å²) < 4.78 is 0. The van der Waals surface area contributed by atoms with E-state index in [2.05, 4.69) is 0 Å². The highest BCUT2D eigenvalue weighted by Crippen LogP contribution is 2.08. The number of amides is 1. The number of rotatable bonds is 2. The number of hydrogen-bond donors (Lipinski definition) is 0. The van der Waals surface area contributed by atoms with Gasteiger partial charge in [0.25, 0.3) is 0 Å². The molecule has 1 aliphatic rings. The van der Waals surface area contributed by atoms with Gasteiger partial charge in [0.1, 0.15) is 0 Å². The smallest absolute Gasteiger partial charge is 0.222 e. The van der Waals surface area contributed by atoms with Crippen molar-refractivity contribution in [2.24, 2.45) is 0 Å². The molecule has 3 heteroatoms. The minimum absolute atomic E-state index is 0.278. The molecule has 1 amide bonds. The first-order valence-corrected chi connectivity index (χ1v) is 3.78. The molecule has 0 atom stereocenters. The Bertz CT molecular complexity index is 116. The fraction of sp³-hybridized carbons (Fsp3) is 0.833. The highest BCUT2D eigenvalue weighted by molar-refractivity contribution is 7.80. The summed E-state index contributed by atoms with van der Waals surface area (Å²) in [6, 6.07) is 0. The van der Waals surface area contributed by atoms with Crippen molar-refractivity contribution in [1.82, 2.24) is 4.90 Å². The maximum absolute atomic E-state index is 10.8. The first-order chi connectivity index (χ1) is 4.34. The molecule has 0 aromatic rings. The SMILES string of the molecule is O=C1CCCN1CC[S]. The highest BCUT2D eigenvalue weighted by Gasteiger charge is 2.18. The van der Waals surface area contributed by atoms with Gasteiger partial charge in [-0.25, -0.2) is 0 Å². The molecule has 51 valence electrons. The molecule has 0 N–H and O–H groups in total. The highest BCUT2D eigenvalue weighted by atomic mass is 32.1. The molecule has 0 saturated carbocycles. The molecule has 0 aliphatic carbocycles. The van der Waals surface area contributed by atoms with Gasteiger partial charge in [0, 0.05) is 25.3 Å². The Morgan fingerprint density at radius 3 is 2.89 bits per heavy atom. The zero-order valence-electron chi connectivity index (χ0n) is 5.30. The fourth-order valence-electron chi connectivity index (χ4n) is 1.05. The molecule has 0 aromatic carbocycles. The van der Waals surface area contributed by atoms with Gasteiger partial charge in [-0.2, -0.15) is 0 Å². The standard InChI is InChI=1S/C6H10NOS/c8-6-2-1-3-7(6)4-5-9/h1-5H2. The van der Waals surface area contributed by atoms with Gasteiger partial charge in [0.2, 0.25) is 5.91 Å². The summed E-state index contributed by atoms with van der Waals surface area (Å²) in [6.07, 6.45) is 1.75. The summed E-state index contributed by atoms with van der Waals surface area (Å²) in [6.45, 7) is 1.70. The summed E-state index contributed by atoms with van der Waals surface area (Å²) >= 11 is 4.75. The monoisotopic (exact) mass is 144 g/mol. The van der Waals surface area contributed by atoms with Crippen LogP contribution in [0.15, 0.2) is 0 Å². The van der Waals surface area contributed by atoms with E-state index >= 15 is 0 Å². The van der Waals surface area contributed by atoms with Gasteiger partial charge < -0.3 is 4.90 Å². The van der Waals surface area contributed by atoms with Crippen molar-refractivity contribution in [2.75, 3.05) is 18.8 Å². The first kappa shape index (κ1) is 6.93. The third-order valence-corrected chi connectivity index (χ3v) is 1.72. The van der Waals surface area contributed by atoms with Crippen molar-refractivity contribution in [2.45, 2.75) is 12.8 Å². The lowest BCUT2D eigenvalue weighted by molar-refractivity contribution is -0.127. The molecule has 1 aliphatic heterocycles. The fourth-order valence-corrected chi connectivity index (χ4v) is 1.27. The largest absolute Gasteiger partial charge is 0.342 e. The molecule has 1 rings (SSSR count). The van der Waals surface area contributed by atoms with Crippen LogP contribution in [0.5, 0.6) is 0 Å². The van der Waals surface area contributed by atoms with Crippen LogP contribution < -0.4 is 0 Å². The van der Waals surface area contributed by atoms with Gasteiger partial charge in [0.05, 0.1) is 0 Å². The van der Waals surface area contributed by atoms with Crippen LogP contribution in [0.25, 0.3) is 0 Å². The quantitative estimate of drug-likeness (QED) is 0.561. The van der Waals surface area contributed by atoms with Crippen LogP contribution in [0, 0.1) is 0 Å². The van der Waals surface area contributed by atoms with E-state index in [9.17, 15) is 4.79 Å². The van der Waals surface area contributed by atoms with E-state index in [1.165, 1.54) is 0 Å². The van der Waals surface area contributed by atoms with Crippen molar-refractivity contribution in [3.05, 3.63) is 0 Å². The molecule has 1 heterocycles. The summed E-state index contributed by atoms with van der Waals surface area (Å²) in [7, 11) is 0. The van der Waals surface area contributed by atoms with Crippen molar-refractivity contribution < 1.29 is 4.79 Å². The van der Waals surface area contributed by atoms with Gasteiger partial charge in [-0.15, -0.1) is 0 Å². The van der Waals surface area contributed by atoms with Crippen LogP contribution in [0.1, 0.15) is 12.8 Å². The van der Waals surface area contributed by atoms with Crippen molar-refractivity contribution in [3.8, 4) is 0 Å². The topological polar surface area (TPSA) is 20.3 Å². The van der Waals surface area contributed by atoms with E-state index < -0.39 is 0 Å². The molecule has 1 radical (unpaired) electrons. The van der Waals surface area contributed by atoms with Gasteiger partial charge in [-0.05, 0) is 6.42 Å². The van der Waals surface area contributed by atoms with E-state index in [1.54, 1.807) is 0 Å². The van der Waals surface area contributed by atoms with Crippen molar-refractivity contribution in [1.29, 1.82) is 0 Å². The zero-order valence-corrected chi connectivity index (χ0v) is 6.12. The van der Waals surface area contributed by atoms with Crippen molar-refractivity contribution in [3.63, 3.8) is 0 Å². The molecular weight excluding hydrogens is 134 g/mol. The lowest BCUT2D eigenvalue weighted by Gasteiger charge is -2.11. The lowest BCUT2D eigenvalue weighted by atomic mass is 10.4. The minimum Gasteiger partial charge on any atom is -0.342 e. The van der Waals surface area contributed by atoms with Crippen LogP contribution in [0.4, 0.5) is 0 Å². The molecule has 1 fully saturated rings. The summed E-state index contributed by atoms with van der Waals surface area (Å²) in [5, 5.41) is 0. The average molecular weight is 144 g/mol. The predicted molar refractivity (Wildman–Crippen MR) is 38.3 cm³/mol. The number of nitrogens with zero attached hydrogens (tertiary/aromatic N) is 1. The van der Waals surface area contributed by atoms with Gasteiger partial charge in [0.15, 0.2) is 0 Å². The Labute approximate surface area is 60.6 Å². The zero-order chi connectivity index (χ0) is 6.69. The Morgan fingerprint density at radius 2 is 2.44 bits per heavy atom. The van der Waals surface area contributed by atoms with Gasteiger partial charge >= 0.3 is 0 Å². The Hall–Kier alpha value is -0.180. The van der Waals surface area contributed by atoms with Crippen LogP contribution in [0.2, 0.25) is 0 Å². The Balaban J connectivity index is 2.31. The number of carbonyl (C=O) groups is 1. The van der Waals surface area contributed by atoms with E-state index in [0.29, 0.717) is 5.75 Å². The van der Waals surface area contributed by atoms with Crippen LogP contribution in [-0.2, 0) is 4.79 Å². The second kappa shape index (κ2) is 3.11. The molecule has 0 bridgehead atoms. The molecule has 2 nitrogen and oxygen atoms in total. The molecule has 1 saturated heterocycles. The lowest BCUT2D eigenvalue weighted by Crippen LogP contribution is -2.26. The molecule has 0 spiro atoms. The first-order valence-electron chi connectivity index (χ1n) is 3.20. The number of carbonyl (C=O) groups excluding carboxylic acids is 1. The average Bonchev–Trinajstić information content (AvgIpc) is 2.18. The van der Waals surface area contributed by atoms with E-state index in [1.807, 2.05) is 4.90 Å². The van der Waals surface area contributed by atoms with E-state index in [4.69, 9.17) is 12.6 Å². The summed E-state index contributed by atoms with van der Waals surface area (Å²) in [5.41, 5.74) is 0. The third kappa shape index (κ3) is 1.61. The normalized spacial score (nSPS) is 19.2. The third-order valence-electron chi connectivity index (χ3n) is 1.53. The van der Waals surface area contributed by atoms with E-state index in [-0.39, 0.29) is 5.91 Å². The number of likely N-dealkylation sites (tertiary alicyclic amines) is 1. The molecule has 0 unspecified atom stereocenters. The summed E-state index contributed by atoms with van der Waals surface area (Å²) in [4.78, 5) is 12.7. The van der Waals surface area contributed by atoms with Gasteiger partial charge in [-0.1, -0.05) is 12.6 Å². The second-order valence-corrected chi connectivity index (χ2v) is 2.60. The predicted octanol–water partition coefficient (Wildman–Crippen LogP) is 0.806. The van der Waals surface area contributed by atoms with Crippen molar-refractivity contribution >= 4 is 18.5 Å². The maximum atomic E-state index is 10.8. The van der Waals surface area contributed by atoms with Crippen LogP contribution in [-0.4, -0.2) is 29.6 Å². The van der Waals surface area contributed by atoms with Crippen LogP contribution in [0.3, 0.4) is 0 Å². The minimum atomic E-state index is 0.278. The summed E-state index contributed by atoms with van der Waals surface area (Å²) in [5.74, 6) is 0.950. The molecule has 0 aromatic heterocycles. The number of hydrogen-bond acceptors (Lipinski definition) is 1. The van der Waals surface area contributed by atoms with E-state index in [0.717, 1.165) is 25.9 Å². The molecular formula is C6H10NOS. The maximum Gasteiger partial charge on any atom is 0.222 e. The molecule has 9 heavy (non-hydrogen) atoms. The Morgan fingerprint density at radius 1 is 1.67 bits per heavy atom. The second-order valence-electron chi connectivity index (χ2n) is 2.19. The Kier molecular flexibility index (Phi) is 2.39.